The van der Waals surface area contributed by atoms with Crippen LogP contribution in [0.15, 0.2) is 41.3 Å². The zero-order valence-electron chi connectivity index (χ0n) is 16.2. The molecule has 28 heavy (non-hydrogen) atoms. The van der Waals surface area contributed by atoms with Gasteiger partial charge in [0.1, 0.15) is 4.32 Å². The van der Waals surface area contributed by atoms with Gasteiger partial charge in [-0.2, -0.15) is 0 Å². The van der Waals surface area contributed by atoms with Crippen molar-refractivity contribution in [1.29, 1.82) is 0 Å². The Morgan fingerprint density at radius 3 is 2.61 bits per heavy atom. The van der Waals surface area contributed by atoms with Crippen LogP contribution < -0.4 is 14.8 Å². The lowest BCUT2D eigenvalue weighted by atomic mass is 10.1. The Morgan fingerprint density at radius 1 is 1.14 bits per heavy atom. The first kappa shape index (κ1) is 20.2. The summed E-state index contributed by atoms with van der Waals surface area (Å²) >= 11 is 6.71. The highest BCUT2D eigenvalue weighted by atomic mass is 32.2. The van der Waals surface area contributed by atoms with E-state index in [4.69, 9.17) is 21.7 Å². The van der Waals surface area contributed by atoms with Crippen molar-refractivity contribution >= 4 is 46.0 Å². The minimum Gasteiger partial charge on any atom is -0.493 e. The van der Waals surface area contributed by atoms with Gasteiger partial charge in [-0.3, -0.25) is 9.69 Å². The Morgan fingerprint density at radius 2 is 1.89 bits per heavy atom. The van der Waals surface area contributed by atoms with Crippen molar-refractivity contribution in [2.75, 3.05) is 26.2 Å². The molecule has 1 saturated heterocycles. The number of thiocarbonyl (C=S) groups is 1. The average molecular weight is 415 g/mol. The number of carbonyl (C=O) groups excluding carboxylic acids is 1. The molecule has 1 fully saturated rings. The van der Waals surface area contributed by atoms with Gasteiger partial charge >= 0.3 is 0 Å². The first-order valence-electron chi connectivity index (χ1n) is 8.72. The van der Waals surface area contributed by atoms with Crippen LogP contribution in [0.25, 0.3) is 6.08 Å². The first-order valence-corrected chi connectivity index (χ1v) is 9.94. The number of methoxy groups -OCH3 is 2. The van der Waals surface area contributed by atoms with Crippen molar-refractivity contribution in [2.24, 2.45) is 0 Å². The number of aryl methyl sites for hydroxylation is 1. The Kier molecular flexibility index (Phi) is 6.26. The monoisotopic (exact) mass is 414 g/mol. The number of hydrogen-bond donors (Lipinski definition) is 1. The summed E-state index contributed by atoms with van der Waals surface area (Å²) in [5, 5.41) is 3.31. The van der Waals surface area contributed by atoms with Crippen LogP contribution >= 0.6 is 24.0 Å². The maximum Gasteiger partial charge on any atom is 0.267 e. The number of thioether (sulfide) groups is 1. The number of anilines is 1. The van der Waals surface area contributed by atoms with Crippen LogP contribution in [0, 0.1) is 13.8 Å². The Labute approximate surface area is 174 Å². The van der Waals surface area contributed by atoms with Gasteiger partial charge in [0, 0.05) is 5.69 Å². The fourth-order valence-electron chi connectivity index (χ4n) is 2.84. The molecule has 0 aliphatic carbocycles. The molecule has 146 valence electrons. The summed E-state index contributed by atoms with van der Waals surface area (Å²) in [6, 6.07) is 11.6. The van der Waals surface area contributed by atoms with E-state index in [1.165, 1.54) is 17.3 Å². The minimum atomic E-state index is -0.109. The Hall–Kier alpha value is -2.51. The number of benzene rings is 2. The second-order valence-electron chi connectivity index (χ2n) is 6.31. The van der Waals surface area contributed by atoms with E-state index in [-0.39, 0.29) is 5.91 Å². The van der Waals surface area contributed by atoms with E-state index < -0.39 is 0 Å². The van der Waals surface area contributed by atoms with Crippen LogP contribution in [0.2, 0.25) is 0 Å². The van der Waals surface area contributed by atoms with Crippen LogP contribution in [0.1, 0.15) is 16.7 Å². The highest BCUT2D eigenvalue weighted by molar-refractivity contribution is 8.26. The minimum absolute atomic E-state index is 0.109. The number of amides is 1. The molecule has 5 nitrogen and oxygen atoms in total. The summed E-state index contributed by atoms with van der Waals surface area (Å²) in [6.45, 7) is 4.45. The zero-order valence-corrected chi connectivity index (χ0v) is 17.9. The normalized spacial score (nSPS) is 15.3. The second-order valence-corrected chi connectivity index (χ2v) is 7.98. The molecule has 0 spiro atoms. The lowest BCUT2D eigenvalue weighted by molar-refractivity contribution is -0.121. The highest BCUT2D eigenvalue weighted by Crippen LogP contribution is 2.34. The Bertz CT molecular complexity index is 957. The van der Waals surface area contributed by atoms with Crippen molar-refractivity contribution in [3.63, 3.8) is 0 Å². The van der Waals surface area contributed by atoms with Gasteiger partial charge in [0.15, 0.2) is 11.5 Å². The third-order valence-electron chi connectivity index (χ3n) is 4.61. The molecule has 2 aromatic carbocycles. The molecule has 1 N–H and O–H groups in total. The quantitative estimate of drug-likeness (QED) is 0.551. The number of nitrogens with one attached hydrogen (secondary N) is 1. The summed E-state index contributed by atoms with van der Waals surface area (Å²) < 4.78 is 11.1. The number of nitrogens with zero attached hydrogens (tertiary/aromatic N) is 1. The predicted octanol–water partition coefficient (Wildman–Crippen LogP) is 4.59. The van der Waals surface area contributed by atoms with Crippen LogP contribution in [0.4, 0.5) is 5.69 Å². The van der Waals surface area contributed by atoms with Gasteiger partial charge in [-0.15, -0.1) is 0 Å². The summed E-state index contributed by atoms with van der Waals surface area (Å²) in [5.41, 5.74) is 4.20. The van der Waals surface area contributed by atoms with Gasteiger partial charge in [-0.1, -0.05) is 42.2 Å². The maximum absolute atomic E-state index is 12.8. The third-order valence-corrected chi connectivity index (χ3v) is 5.99. The van der Waals surface area contributed by atoms with E-state index in [1.54, 1.807) is 19.1 Å². The molecular formula is C21H22N2O3S2. The molecule has 0 saturated carbocycles. The van der Waals surface area contributed by atoms with Crippen molar-refractivity contribution in [3.8, 4) is 11.5 Å². The molecule has 1 amide bonds. The van der Waals surface area contributed by atoms with Crippen molar-refractivity contribution < 1.29 is 14.3 Å². The third kappa shape index (κ3) is 4.15. The molecule has 0 atom stereocenters. The van der Waals surface area contributed by atoms with Crippen LogP contribution in [0.5, 0.6) is 11.5 Å². The van der Waals surface area contributed by atoms with E-state index in [9.17, 15) is 4.79 Å². The molecule has 1 aliphatic rings. The van der Waals surface area contributed by atoms with Crippen molar-refractivity contribution in [2.45, 2.75) is 13.8 Å². The van der Waals surface area contributed by atoms with Gasteiger partial charge in [0.25, 0.3) is 5.91 Å². The number of rotatable bonds is 6. The molecular weight excluding hydrogens is 392 g/mol. The number of hydrogen-bond acceptors (Lipinski definition) is 6. The number of carbonyl (C=O) groups is 1. The summed E-state index contributed by atoms with van der Waals surface area (Å²) in [4.78, 5) is 15.0. The molecule has 0 radical (unpaired) electrons. The van der Waals surface area contributed by atoms with Crippen LogP contribution in [0.3, 0.4) is 0 Å². The fraction of sp³-hybridized carbons (Fsp3) is 0.238. The van der Waals surface area contributed by atoms with E-state index in [0.29, 0.717) is 27.4 Å². The van der Waals surface area contributed by atoms with Gasteiger partial charge in [0.05, 0.1) is 25.8 Å². The fourth-order valence-corrected chi connectivity index (χ4v) is 4.09. The zero-order chi connectivity index (χ0) is 20.3. The largest absolute Gasteiger partial charge is 0.493 e. The topological polar surface area (TPSA) is 50.8 Å². The SMILES string of the molecule is COc1ccc(/C=C2/SC(=S)N(CNc3cccc(C)c3C)C2=O)cc1OC. The smallest absolute Gasteiger partial charge is 0.267 e. The van der Waals surface area contributed by atoms with Gasteiger partial charge < -0.3 is 14.8 Å². The summed E-state index contributed by atoms with van der Waals surface area (Å²) in [5.74, 6) is 1.15. The second kappa shape index (κ2) is 8.67. The molecule has 3 rings (SSSR count). The van der Waals surface area contributed by atoms with Crippen molar-refractivity contribution in [1.82, 2.24) is 4.90 Å². The first-order chi connectivity index (χ1) is 13.4. The van der Waals surface area contributed by atoms with Crippen LogP contribution in [-0.2, 0) is 4.79 Å². The molecule has 1 aliphatic heterocycles. The maximum atomic E-state index is 12.8. The number of ether oxygens (including phenoxy) is 2. The summed E-state index contributed by atoms with van der Waals surface area (Å²) in [6.07, 6.45) is 1.82. The van der Waals surface area contributed by atoms with Gasteiger partial charge in [-0.05, 0) is 54.8 Å². The van der Waals surface area contributed by atoms with E-state index in [1.807, 2.05) is 36.4 Å². The highest BCUT2D eigenvalue weighted by Gasteiger charge is 2.31. The molecule has 1 heterocycles. The molecule has 0 aromatic heterocycles. The molecule has 0 bridgehead atoms. The van der Waals surface area contributed by atoms with Gasteiger partial charge in [-0.25, -0.2) is 0 Å². The average Bonchev–Trinajstić information content (AvgIpc) is 2.95. The van der Waals surface area contributed by atoms with Gasteiger partial charge in [0.2, 0.25) is 0 Å². The summed E-state index contributed by atoms with van der Waals surface area (Å²) in [7, 11) is 3.17. The molecule has 2 aromatic rings. The van der Waals surface area contributed by atoms with E-state index >= 15 is 0 Å². The standard InChI is InChI=1S/C21H22N2O3S2/c1-13-6-5-7-16(14(13)2)22-12-23-20(24)19(28-21(23)27)11-15-8-9-17(25-3)18(10-15)26-4/h5-11,22H,12H2,1-4H3/b19-11+. The van der Waals surface area contributed by atoms with E-state index in [2.05, 4.69) is 25.2 Å². The Balaban J connectivity index is 1.76. The lowest BCUT2D eigenvalue weighted by Crippen LogP contribution is -2.33. The molecule has 0 unspecified atom stereocenters. The predicted molar refractivity (Wildman–Crippen MR) is 119 cm³/mol. The van der Waals surface area contributed by atoms with E-state index in [0.717, 1.165) is 16.8 Å². The van der Waals surface area contributed by atoms with Crippen molar-refractivity contribution in [3.05, 3.63) is 58.0 Å². The van der Waals surface area contributed by atoms with Crippen LogP contribution in [-0.4, -0.2) is 36.0 Å². The molecule has 7 heteroatoms. The lowest BCUT2D eigenvalue weighted by Gasteiger charge is -2.18.